The van der Waals surface area contributed by atoms with Gasteiger partial charge in [0.25, 0.3) is 0 Å². The number of carbonyl (C=O) groups excluding carboxylic acids is 1. The molecule has 164 valence electrons. The molecule has 4 rings (SSSR count). The van der Waals surface area contributed by atoms with Crippen molar-refractivity contribution in [2.75, 3.05) is 7.11 Å². The Hall–Kier alpha value is -3.06. The zero-order valence-electron chi connectivity index (χ0n) is 18.0. The van der Waals surface area contributed by atoms with Crippen LogP contribution in [0.1, 0.15) is 50.0 Å². The molecule has 1 aromatic heterocycles. The molecule has 1 atom stereocenters. The molecule has 1 saturated carbocycles. The molecule has 7 heteroatoms. The van der Waals surface area contributed by atoms with E-state index in [1.165, 1.54) is 0 Å². The van der Waals surface area contributed by atoms with Gasteiger partial charge in [-0.05, 0) is 68.9 Å². The first-order chi connectivity index (χ1) is 14.9. The number of hydrogen-bond acceptors (Lipinski definition) is 4. The van der Waals surface area contributed by atoms with Gasteiger partial charge in [0.15, 0.2) is 0 Å². The third kappa shape index (κ3) is 5.35. The second kappa shape index (κ2) is 8.98. The number of methoxy groups -OCH3 is 1. The molecule has 0 bridgehead atoms. The van der Waals surface area contributed by atoms with Crippen molar-refractivity contribution in [1.82, 2.24) is 20.6 Å². The van der Waals surface area contributed by atoms with Gasteiger partial charge in [0, 0.05) is 6.04 Å². The van der Waals surface area contributed by atoms with Crippen LogP contribution in [0.3, 0.4) is 0 Å². The van der Waals surface area contributed by atoms with Crippen LogP contribution in [0.15, 0.2) is 48.5 Å². The summed E-state index contributed by atoms with van der Waals surface area (Å²) in [7, 11) is 1.64. The van der Waals surface area contributed by atoms with Crippen LogP contribution in [0.25, 0.3) is 11.0 Å². The van der Waals surface area contributed by atoms with Gasteiger partial charge in [-0.25, -0.2) is 9.78 Å². The van der Waals surface area contributed by atoms with Crippen molar-refractivity contribution >= 4 is 17.1 Å². The zero-order valence-corrected chi connectivity index (χ0v) is 18.0. The molecule has 1 aliphatic carbocycles. The van der Waals surface area contributed by atoms with Gasteiger partial charge in [-0.2, -0.15) is 0 Å². The molecule has 3 aromatic rings. The van der Waals surface area contributed by atoms with E-state index >= 15 is 0 Å². The Morgan fingerprint density at radius 1 is 1.23 bits per heavy atom. The molecule has 7 nitrogen and oxygen atoms in total. The lowest BCUT2D eigenvalue weighted by molar-refractivity contribution is 0.0151. The lowest BCUT2D eigenvalue weighted by Gasteiger charge is -2.33. The summed E-state index contributed by atoms with van der Waals surface area (Å²) in [6.07, 6.45) is 3.52. The molecular formula is C24H30N4O3. The molecule has 2 amide bonds. The van der Waals surface area contributed by atoms with Gasteiger partial charge in [0.2, 0.25) is 0 Å². The molecule has 1 fully saturated rings. The molecule has 0 unspecified atom stereocenters. The van der Waals surface area contributed by atoms with Crippen LogP contribution in [0, 0.1) is 0 Å². The predicted octanol–water partition coefficient (Wildman–Crippen LogP) is 3.85. The molecular weight excluding hydrogens is 392 g/mol. The van der Waals surface area contributed by atoms with Gasteiger partial charge in [0.1, 0.15) is 11.6 Å². The van der Waals surface area contributed by atoms with E-state index in [2.05, 4.69) is 15.6 Å². The van der Waals surface area contributed by atoms with E-state index < -0.39 is 5.60 Å². The summed E-state index contributed by atoms with van der Waals surface area (Å²) in [4.78, 5) is 20.9. The summed E-state index contributed by atoms with van der Waals surface area (Å²) in [5.74, 6) is 1.52. The largest absolute Gasteiger partial charge is 0.497 e. The van der Waals surface area contributed by atoms with E-state index in [0.717, 1.165) is 41.0 Å². The number of urea groups is 1. The van der Waals surface area contributed by atoms with E-state index in [1.807, 2.05) is 55.5 Å². The molecule has 1 heterocycles. The lowest BCUT2D eigenvalue weighted by Crippen LogP contribution is -2.47. The van der Waals surface area contributed by atoms with Gasteiger partial charge in [0.05, 0.1) is 29.8 Å². The minimum Gasteiger partial charge on any atom is -0.497 e. The highest BCUT2D eigenvalue weighted by Gasteiger charge is 2.30. The number of nitrogens with one attached hydrogen (secondary N) is 3. The van der Waals surface area contributed by atoms with Crippen LogP contribution in [0.2, 0.25) is 0 Å². The highest BCUT2D eigenvalue weighted by Crippen LogP contribution is 2.28. The molecule has 4 N–H and O–H groups in total. The van der Waals surface area contributed by atoms with Crippen molar-refractivity contribution in [3.05, 3.63) is 59.9 Å². The topological polar surface area (TPSA) is 99.3 Å². The second-order valence-corrected chi connectivity index (χ2v) is 8.63. The number of amides is 2. The number of aromatic amines is 1. The summed E-state index contributed by atoms with van der Waals surface area (Å²) in [5, 5.41) is 16.3. The third-order valence-electron chi connectivity index (χ3n) is 6.04. The standard InChI is InChI=1S/C24H30N4O3/c1-24(30)13-11-17(12-14-24)25-23(29)28-21(15-16-7-9-18(31-2)10-8-16)22-26-19-5-3-4-6-20(19)27-22/h3-10,17,21,30H,11-15H2,1-2H3,(H,26,27)(H2,25,28,29)/t17-,21-,24+/m1/s1. The van der Waals surface area contributed by atoms with Crippen LogP contribution in [0.5, 0.6) is 5.75 Å². The van der Waals surface area contributed by atoms with Gasteiger partial charge < -0.3 is 25.5 Å². The number of nitrogens with zero attached hydrogens (tertiary/aromatic N) is 1. The van der Waals surface area contributed by atoms with Crippen molar-refractivity contribution in [3.8, 4) is 5.75 Å². The smallest absolute Gasteiger partial charge is 0.315 e. The number of H-pyrrole nitrogens is 1. The number of carbonyl (C=O) groups is 1. The van der Waals surface area contributed by atoms with Gasteiger partial charge >= 0.3 is 6.03 Å². The van der Waals surface area contributed by atoms with Crippen molar-refractivity contribution in [1.29, 1.82) is 0 Å². The van der Waals surface area contributed by atoms with Crippen LogP contribution >= 0.6 is 0 Å². The normalized spacial score (nSPS) is 22.1. The number of ether oxygens (including phenoxy) is 1. The van der Waals surface area contributed by atoms with Gasteiger partial charge in [-0.15, -0.1) is 0 Å². The summed E-state index contributed by atoms with van der Waals surface area (Å²) in [5.41, 5.74) is 2.25. The van der Waals surface area contributed by atoms with E-state index in [0.29, 0.717) is 19.3 Å². The Morgan fingerprint density at radius 3 is 2.61 bits per heavy atom. The summed E-state index contributed by atoms with van der Waals surface area (Å²) < 4.78 is 5.25. The molecule has 0 saturated heterocycles. The van der Waals surface area contributed by atoms with Crippen LogP contribution in [-0.4, -0.2) is 39.9 Å². The first-order valence-corrected chi connectivity index (χ1v) is 10.8. The number of fused-ring (bicyclic) bond motifs is 1. The summed E-state index contributed by atoms with van der Waals surface area (Å²) in [6, 6.07) is 15.2. The van der Waals surface area contributed by atoms with Crippen molar-refractivity contribution in [2.45, 2.75) is 56.7 Å². The number of para-hydroxylation sites is 2. The Morgan fingerprint density at radius 2 is 1.94 bits per heavy atom. The minimum absolute atomic E-state index is 0.0672. The van der Waals surface area contributed by atoms with Crippen molar-refractivity contribution in [3.63, 3.8) is 0 Å². The van der Waals surface area contributed by atoms with Gasteiger partial charge in [-0.1, -0.05) is 24.3 Å². The SMILES string of the molecule is COc1ccc(C[C@@H](NC(=O)N[C@H]2CC[C@@](C)(O)CC2)c2nc3ccccc3[nH]2)cc1. The lowest BCUT2D eigenvalue weighted by atomic mass is 9.84. The van der Waals surface area contributed by atoms with E-state index in [9.17, 15) is 9.90 Å². The zero-order chi connectivity index (χ0) is 21.8. The first-order valence-electron chi connectivity index (χ1n) is 10.8. The molecule has 0 aliphatic heterocycles. The maximum absolute atomic E-state index is 12.8. The van der Waals surface area contributed by atoms with Crippen LogP contribution < -0.4 is 15.4 Å². The highest BCUT2D eigenvalue weighted by atomic mass is 16.5. The van der Waals surface area contributed by atoms with Crippen molar-refractivity contribution in [2.24, 2.45) is 0 Å². The van der Waals surface area contributed by atoms with Crippen LogP contribution in [0.4, 0.5) is 4.79 Å². The first kappa shape index (κ1) is 21.2. The number of benzene rings is 2. The fourth-order valence-electron chi connectivity index (χ4n) is 4.12. The monoisotopic (exact) mass is 422 g/mol. The number of rotatable bonds is 6. The number of hydrogen-bond donors (Lipinski definition) is 4. The van der Waals surface area contributed by atoms with Crippen LogP contribution in [-0.2, 0) is 6.42 Å². The Labute approximate surface area is 182 Å². The maximum atomic E-state index is 12.8. The Bertz CT molecular complexity index is 986. The number of aromatic nitrogens is 2. The minimum atomic E-state index is -0.625. The average Bonchev–Trinajstić information content (AvgIpc) is 3.20. The molecule has 0 spiro atoms. The number of imidazole rings is 1. The number of aliphatic hydroxyl groups is 1. The van der Waals surface area contributed by atoms with E-state index in [-0.39, 0.29) is 18.1 Å². The average molecular weight is 423 g/mol. The van der Waals surface area contributed by atoms with Gasteiger partial charge in [-0.3, -0.25) is 0 Å². The van der Waals surface area contributed by atoms with E-state index in [1.54, 1.807) is 7.11 Å². The predicted molar refractivity (Wildman–Crippen MR) is 120 cm³/mol. The second-order valence-electron chi connectivity index (χ2n) is 8.63. The maximum Gasteiger partial charge on any atom is 0.315 e. The Kier molecular flexibility index (Phi) is 6.13. The fourth-order valence-corrected chi connectivity index (χ4v) is 4.12. The summed E-state index contributed by atoms with van der Waals surface area (Å²) in [6.45, 7) is 1.86. The highest BCUT2D eigenvalue weighted by molar-refractivity contribution is 5.76. The van der Waals surface area contributed by atoms with Crippen molar-refractivity contribution < 1.29 is 14.6 Å². The molecule has 31 heavy (non-hydrogen) atoms. The molecule has 2 aromatic carbocycles. The fraction of sp³-hybridized carbons (Fsp3) is 0.417. The Balaban J connectivity index is 1.49. The summed E-state index contributed by atoms with van der Waals surface area (Å²) >= 11 is 0. The quantitative estimate of drug-likeness (QED) is 0.485. The molecule has 1 aliphatic rings. The molecule has 0 radical (unpaired) electrons. The third-order valence-corrected chi connectivity index (χ3v) is 6.04. The van der Waals surface area contributed by atoms with E-state index in [4.69, 9.17) is 9.72 Å².